The van der Waals surface area contributed by atoms with E-state index in [0.717, 1.165) is 69.8 Å². The van der Waals surface area contributed by atoms with Gasteiger partial charge in [0.1, 0.15) is 5.38 Å². The van der Waals surface area contributed by atoms with Crippen LogP contribution in [0, 0.1) is 0 Å². The summed E-state index contributed by atoms with van der Waals surface area (Å²) in [5.74, 6) is 0. The van der Waals surface area contributed by atoms with Gasteiger partial charge in [-0.25, -0.2) is 0 Å². The van der Waals surface area contributed by atoms with E-state index in [1.807, 2.05) is 0 Å². The smallest absolute Gasteiger partial charge is 0.192 e. The molecule has 0 saturated carbocycles. The number of hydrogen-bond acceptors (Lipinski definition) is 3. The van der Waals surface area contributed by atoms with Crippen molar-refractivity contribution in [2.45, 2.75) is 37.1 Å². The standard InChI is InChI=1S/C16H33Cl2N4/c1-3-16(18)15(17)14-20-7-10-21-9-5-6-19-8-12-22(16,4-2)13-11-21/h15,19-20H,3-14H2,1-2H3/q+1. The van der Waals surface area contributed by atoms with Crippen molar-refractivity contribution in [3.63, 3.8) is 0 Å². The van der Waals surface area contributed by atoms with E-state index in [2.05, 4.69) is 29.4 Å². The summed E-state index contributed by atoms with van der Waals surface area (Å²) in [5.41, 5.74) is 0. The van der Waals surface area contributed by atoms with Gasteiger partial charge in [0, 0.05) is 39.1 Å². The third-order valence-corrected chi connectivity index (χ3v) is 7.20. The molecule has 4 unspecified atom stereocenters. The zero-order valence-electron chi connectivity index (χ0n) is 14.2. The van der Waals surface area contributed by atoms with Crippen LogP contribution in [0.15, 0.2) is 0 Å². The molecule has 0 radical (unpaired) electrons. The van der Waals surface area contributed by atoms with E-state index < -0.39 is 5.00 Å². The van der Waals surface area contributed by atoms with E-state index in [1.54, 1.807) is 0 Å². The predicted octanol–water partition coefficient (Wildman–Crippen LogP) is 1.67. The first-order valence-corrected chi connectivity index (χ1v) is 9.72. The molecule has 2 N–H and O–H groups in total. The summed E-state index contributed by atoms with van der Waals surface area (Å²) in [6.45, 7) is 15.0. The normalized spacial score (nSPS) is 42.0. The molecular formula is C16H33Cl2N4+. The Morgan fingerprint density at radius 2 is 1.91 bits per heavy atom. The minimum Gasteiger partial charge on any atom is -0.314 e. The molecule has 0 aromatic heterocycles. The number of hydrogen-bond donors (Lipinski definition) is 2. The molecule has 4 nitrogen and oxygen atoms in total. The van der Waals surface area contributed by atoms with Crippen LogP contribution in [-0.2, 0) is 0 Å². The molecule has 0 aromatic rings. The zero-order chi connectivity index (χ0) is 16.1. The molecular weight excluding hydrogens is 319 g/mol. The topological polar surface area (TPSA) is 27.3 Å². The summed E-state index contributed by atoms with van der Waals surface area (Å²) >= 11 is 14.0. The molecule has 2 saturated heterocycles. The van der Waals surface area contributed by atoms with E-state index in [0.29, 0.717) is 0 Å². The van der Waals surface area contributed by atoms with Crippen molar-refractivity contribution < 1.29 is 4.48 Å². The summed E-state index contributed by atoms with van der Waals surface area (Å²) < 4.78 is 0.907. The number of alkyl halides is 2. The highest BCUT2D eigenvalue weighted by molar-refractivity contribution is 6.31. The second kappa shape index (κ2) is 8.50. The highest BCUT2D eigenvalue weighted by Crippen LogP contribution is 2.39. The monoisotopic (exact) mass is 351 g/mol. The van der Waals surface area contributed by atoms with Crippen molar-refractivity contribution in [3.05, 3.63) is 0 Å². The van der Waals surface area contributed by atoms with Gasteiger partial charge in [-0.2, -0.15) is 0 Å². The Kier molecular flexibility index (Phi) is 7.24. The Hall–Kier alpha value is 0.420. The van der Waals surface area contributed by atoms with Crippen molar-refractivity contribution in [2.24, 2.45) is 0 Å². The second-order valence-electron chi connectivity index (χ2n) is 6.70. The van der Waals surface area contributed by atoms with Gasteiger partial charge < -0.3 is 15.1 Å². The fraction of sp³-hybridized carbons (Fsp3) is 1.00. The number of rotatable bonds is 2. The summed E-state index contributed by atoms with van der Waals surface area (Å²) in [4.78, 5) is 2.19. The summed E-state index contributed by atoms with van der Waals surface area (Å²) in [6.07, 6.45) is 2.13. The van der Waals surface area contributed by atoms with Crippen LogP contribution in [0.3, 0.4) is 0 Å². The van der Waals surface area contributed by atoms with E-state index in [4.69, 9.17) is 23.2 Å². The summed E-state index contributed by atoms with van der Waals surface area (Å²) in [5, 5.41) is 7.07. The minimum absolute atomic E-state index is 0.0476. The van der Waals surface area contributed by atoms with E-state index in [1.165, 1.54) is 13.0 Å². The molecule has 22 heavy (non-hydrogen) atoms. The Bertz CT molecular complexity index is 344. The molecule has 2 aliphatic heterocycles. The Morgan fingerprint density at radius 1 is 1.09 bits per heavy atom. The molecule has 0 aliphatic carbocycles. The maximum absolute atomic E-state index is 7.23. The maximum atomic E-state index is 7.23. The van der Waals surface area contributed by atoms with Crippen LogP contribution in [0.4, 0.5) is 0 Å². The number of halogens is 2. The van der Waals surface area contributed by atoms with Crippen molar-refractivity contribution >= 4 is 23.2 Å². The summed E-state index contributed by atoms with van der Waals surface area (Å²) in [6, 6.07) is 0. The molecule has 2 aliphatic rings. The van der Waals surface area contributed by atoms with Gasteiger partial charge in [-0.1, -0.05) is 18.5 Å². The van der Waals surface area contributed by atoms with Gasteiger partial charge in [-0.15, -0.1) is 11.6 Å². The van der Waals surface area contributed by atoms with Crippen LogP contribution >= 0.6 is 23.2 Å². The van der Waals surface area contributed by atoms with Crippen molar-refractivity contribution in [1.82, 2.24) is 15.5 Å². The number of fused-ring (bicyclic) bond motifs is 3. The molecule has 6 heteroatoms. The lowest BCUT2D eigenvalue weighted by molar-refractivity contribution is -0.959. The number of quaternary nitrogens is 1. The largest absolute Gasteiger partial charge is 0.314 e. The fourth-order valence-electron chi connectivity index (χ4n) is 4.05. The van der Waals surface area contributed by atoms with Gasteiger partial charge in [0.2, 0.25) is 0 Å². The van der Waals surface area contributed by atoms with Crippen LogP contribution < -0.4 is 10.6 Å². The number of likely N-dealkylation sites (N-methyl/N-ethyl adjacent to an activating group) is 1. The van der Waals surface area contributed by atoms with Crippen molar-refractivity contribution in [3.8, 4) is 0 Å². The van der Waals surface area contributed by atoms with Crippen molar-refractivity contribution in [1.29, 1.82) is 0 Å². The van der Waals surface area contributed by atoms with E-state index in [-0.39, 0.29) is 5.38 Å². The number of nitrogens with one attached hydrogen (secondary N) is 2. The molecule has 2 heterocycles. The predicted molar refractivity (Wildman–Crippen MR) is 95.8 cm³/mol. The van der Waals surface area contributed by atoms with E-state index in [9.17, 15) is 0 Å². The highest BCUT2D eigenvalue weighted by atomic mass is 35.5. The first-order valence-electron chi connectivity index (χ1n) is 8.91. The minimum atomic E-state index is -0.396. The van der Waals surface area contributed by atoms with Gasteiger partial charge in [0.15, 0.2) is 5.00 Å². The average Bonchev–Trinajstić information content (AvgIpc) is 2.55. The van der Waals surface area contributed by atoms with Gasteiger partial charge in [-0.05, 0) is 26.4 Å². The van der Waals surface area contributed by atoms with E-state index >= 15 is 0 Å². The number of nitrogens with zero attached hydrogens (tertiary/aromatic N) is 2. The third-order valence-electron chi connectivity index (χ3n) is 5.69. The fourth-order valence-corrected chi connectivity index (χ4v) is 4.89. The van der Waals surface area contributed by atoms with Crippen LogP contribution in [0.1, 0.15) is 26.7 Å². The quantitative estimate of drug-likeness (QED) is 0.450. The Balaban J connectivity index is 2.32. The van der Waals surface area contributed by atoms with Gasteiger partial charge >= 0.3 is 0 Å². The summed E-state index contributed by atoms with van der Waals surface area (Å²) in [7, 11) is 0. The molecule has 2 fully saturated rings. The molecule has 4 atom stereocenters. The van der Waals surface area contributed by atoms with Gasteiger partial charge in [0.25, 0.3) is 0 Å². The highest BCUT2D eigenvalue weighted by Gasteiger charge is 2.52. The zero-order valence-corrected chi connectivity index (χ0v) is 15.7. The first kappa shape index (κ1) is 18.8. The van der Waals surface area contributed by atoms with Crippen LogP contribution in [0.5, 0.6) is 0 Å². The molecule has 0 amide bonds. The van der Waals surface area contributed by atoms with Gasteiger partial charge in [0.05, 0.1) is 19.6 Å². The maximum Gasteiger partial charge on any atom is 0.192 e. The second-order valence-corrected chi connectivity index (χ2v) is 7.88. The lowest BCUT2D eigenvalue weighted by atomic mass is 10.0. The van der Waals surface area contributed by atoms with Crippen LogP contribution in [0.25, 0.3) is 0 Å². The van der Waals surface area contributed by atoms with Crippen LogP contribution in [0.2, 0.25) is 0 Å². The molecule has 2 bridgehead atoms. The van der Waals surface area contributed by atoms with Crippen molar-refractivity contribution in [2.75, 3.05) is 65.4 Å². The third kappa shape index (κ3) is 3.90. The molecule has 2 rings (SSSR count). The lowest BCUT2D eigenvalue weighted by Gasteiger charge is -2.52. The molecule has 0 aromatic carbocycles. The molecule has 0 spiro atoms. The Morgan fingerprint density at radius 3 is 2.64 bits per heavy atom. The van der Waals surface area contributed by atoms with Gasteiger partial charge in [-0.3, -0.25) is 4.90 Å². The lowest BCUT2D eigenvalue weighted by Crippen LogP contribution is -2.70. The average molecular weight is 352 g/mol. The molecule has 130 valence electrons. The SMILES string of the molecule is CCC1(Cl)C(Cl)CNCCN2CCCNCC[N+]1(CC)CC2. The Labute approximate surface area is 146 Å². The van der Waals surface area contributed by atoms with Crippen LogP contribution in [-0.4, -0.2) is 85.2 Å². The first-order chi connectivity index (χ1) is 10.6.